The molecule has 2 aromatic rings. The van der Waals surface area contributed by atoms with Gasteiger partial charge < -0.3 is 14.4 Å². The minimum absolute atomic E-state index is 0.0627. The van der Waals surface area contributed by atoms with Gasteiger partial charge in [-0.1, -0.05) is 0 Å². The lowest BCUT2D eigenvalue weighted by molar-refractivity contribution is 0.178. The highest BCUT2D eigenvalue weighted by molar-refractivity contribution is 5.50. The molecule has 1 N–H and O–H groups in total. The molecule has 1 aliphatic heterocycles. The molecule has 8 heteroatoms. The van der Waals surface area contributed by atoms with Gasteiger partial charge in [-0.3, -0.25) is 5.10 Å². The van der Waals surface area contributed by atoms with Crippen molar-refractivity contribution in [3.05, 3.63) is 24.0 Å². The zero-order valence-corrected chi connectivity index (χ0v) is 15.6. The molecule has 0 bridgehead atoms. The van der Waals surface area contributed by atoms with E-state index in [9.17, 15) is 0 Å². The SMILES string of the molecule is COCc1nc([C@H]2CN(c3nccnc3OC(C)C)C[C@@H]2C2CC2)n[nH]1. The van der Waals surface area contributed by atoms with Gasteiger partial charge >= 0.3 is 0 Å². The molecule has 1 saturated carbocycles. The van der Waals surface area contributed by atoms with E-state index in [4.69, 9.17) is 9.47 Å². The minimum Gasteiger partial charge on any atom is -0.472 e. The van der Waals surface area contributed by atoms with Crippen molar-refractivity contribution in [2.24, 2.45) is 11.8 Å². The lowest BCUT2D eigenvalue weighted by Gasteiger charge is -2.20. The highest BCUT2D eigenvalue weighted by Gasteiger charge is 2.45. The first-order valence-corrected chi connectivity index (χ1v) is 9.28. The molecule has 0 aromatic carbocycles. The van der Waals surface area contributed by atoms with Gasteiger partial charge in [0.25, 0.3) is 5.88 Å². The van der Waals surface area contributed by atoms with Crippen molar-refractivity contribution in [3.63, 3.8) is 0 Å². The summed E-state index contributed by atoms with van der Waals surface area (Å²) in [5, 5.41) is 7.46. The van der Waals surface area contributed by atoms with Gasteiger partial charge in [0, 0.05) is 38.5 Å². The second-order valence-corrected chi connectivity index (χ2v) is 7.44. The van der Waals surface area contributed by atoms with Crippen molar-refractivity contribution in [2.75, 3.05) is 25.1 Å². The van der Waals surface area contributed by atoms with E-state index in [0.29, 0.717) is 24.3 Å². The first-order chi connectivity index (χ1) is 12.7. The Balaban J connectivity index is 1.58. The van der Waals surface area contributed by atoms with Gasteiger partial charge in [-0.05, 0) is 38.5 Å². The number of rotatable bonds is 7. The zero-order chi connectivity index (χ0) is 18.1. The Hall–Kier alpha value is -2.22. The van der Waals surface area contributed by atoms with E-state index in [-0.39, 0.29) is 6.10 Å². The summed E-state index contributed by atoms with van der Waals surface area (Å²) >= 11 is 0. The van der Waals surface area contributed by atoms with Crippen molar-refractivity contribution in [2.45, 2.75) is 45.3 Å². The quantitative estimate of drug-likeness (QED) is 0.811. The number of hydrogen-bond acceptors (Lipinski definition) is 7. The number of methoxy groups -OCH3 is 1. The first kappa shape index (κ1) is 17.2. The maximum atomic E-state index is 5.88. The molecule has 0 radical (unpaired) electrons. The van der Waals surface area contributed by atoms with E-state index in [0.717, 1.165) is 36.5 Å². The molecule has 2 atom stereocenters. The van der Waals surface area contributed by atoms with Crippen LogP contribution in [0.2, 0.25) is 0 Å². The molecular weight excluding hydrogens is 332 g/mol. The van der Waals surface area contributed by atoms with Crippen LogP contribution in [0.1, 0.15) is 44.3 Å². The van der Waals surface area contributed by atoms with Gasteiger partial charge in [0.15, 0.2) is 17.5 Å². The lowest BCUT2D eigenvalue weighted by atomic mass is 9.91. The van der Waals surface area contributed by atoms with Crippen LogP contribution in [-0.2, 0) is 11.3 Å². The van der Waals surface area contributed by atoms with Gasteiger partial charge in [0.1, 0.15) is 6.61 Å². The number of aromatic amines is 1. The Kier molecular flexibility index (Phi) is 4.76. The average Bonchev–Trinajstić information content (AvgIpc) is 3.20. The molecule has 0 unspecified atom stereocenters. The summed E-state index contributed by atoms with van der Waals surface area (Å²) in [5.74, 6) is 4.66. The van der Waals surface area contributed by atoms with E-state index in [1.165, 1.54) is 12.8 Å². The van der Waals surface area contributed by atoms with Crippen LogP contribution in [0.15, 0.2) is 12.4 Å². The molecule has 1 aliphatic carbocycles. The molecule has 4 rings (SSSR count). The Labute approximate surface area is 153 Å². The van der Waals surface area contributed by atoms with Gasteiger partial charge in [0.2, 0.25) is 0 Å². The molecule has 8 nitrogen and oxygen atoms in total. The highest BCUT2D eigenvalue weighted by Crippen LogP contribution is 2.48. The lowest BCUT2D eigenvalue weighted by Crippen LogP contribution is -2.23. The third-order valence-electron chi connectivity index (χ3n) is 5.05. The van der Waals surface area contributed by atoms with Crippen LogP contribution in [0.5, 0.6) is 5.88 Å². The van der Waals surface area contributed by atoms with E-state index in [1.807, 2.05) is 13.8 Å². The highest BCUT2D eigenvalue weighted by atomic mass is 16.5. The molecular formula is C18H26N6O2. The van der Waals surface area contributed by atoms with Crippen molar-refractivity contribution < 1.29 is 9.47 Å². The number of aromatic nitrogens is 5. The normalized spacial score (nSPS) is 23.0. The van der Waals surface area contributed by atoms with Crippen LogP contribution in [0.3, 0.4) is 0 Å². The summed E-state index contributed by atoms with van der Waals surface area (Å²) in [5.41, 5.74) is 0. The monoisotopic (exact) mass is 358 g/mol. The molecule has 26 heavy (non-hydrogen) atoms. The fraction of sp³-hybridized carbons (Fsp3) is 0.667. The Morgan fingerprint density at radius 3 is 2.77 bits per heavy atom. The summed E-state index contributed by atoms with van der Waals surface area (Å²) in [4.78, 5) is 15.9. The molecule has 3 heterocycles. The van der Waals surface area contributed by atoms with Crippen LogP contribution < -0.4 is 9.64 Å². The Bertz CT molecular complexity index is 745. The van der Waals surface area contributed by atoms with Crippen LogP contribution in [0.25, 0.3) is 0 Å². The Morgan fingerprint density at radius 1 is 1.23 bits per heavy atom. The molecule has 0 amide bonds. The Morgan fingerprint density at radius 2 is 2.04 bits per heavy atom. The summed E-state index contributed by atoms with van der Waals surface area (Å²) < 4.78 is 11.0. The average molecular weight is 358 g/mol. The number of anilines is 1. The van der Waals surface area contributed by atoms with Crippen LogP contribution >= 0.6 is 0 Å². The predicted molar refractivity (Wildman–Crippen MR) is 96.1 cm³/mol. The van der Waals surface area contributed by atoms with Crippen LogP contribution in [0.4, 0.5) is 5.82 Å². The molecule has 2 aliphatic rings. The van der Waals surface area contributed by atoms with E-state index in [2.05, 4.69) is 30.0 Å². The number of nitrogens with zero attached hydrogens (tertiary/aromatic N) is 5. The maximum Gasteiger partial charge on any atom is 0.257 e. The number of ether oxygens (including phenoxy) is 2. The third kappa shape index (κ3) is 3.51. The van der Waals surface area contributed by atoms with Crippen molar-refractivity contribution in [3.8, 4) is 5.88 Å². The fourth-order valence-corrected chi connectivity index (χ4v) is 3.80. The largest absolute Gasteiger partial charge is 0.472 e. The molecule has 0 spiro atoms. The maximum absolute atomic E-state index is 5.88. The second-order valence-electron chi connectivity index (χ2n) is 7.44. The number of H-pyrrole nitrogens is 1. The number of hydrogen-bond donors (Lipinski definition) is 1. The topological polar surface area (TPSA) is 89.1 Å². The van der Waals surface area contributed by atoms with Gasteiger partial charge in [0.05, 0.1) is 6.10 Å². The van der Waals surface area contributed by atoms with E-state index in [1.54, 1.807) is 19.5 Å². The number of nitrogens with one attached hydrogen (secondary N) is 1. The van der Waals surface area contributed by atoms with E-state index < -0.39 is 0 Å². The van der Waals surface area contributed by atoms with Crippen molar-refractivity contribution >= 4 is 5.82 Å². The fourth-order valence-electron chi connectivity index (χ4n) is 3.80. The summed E-state index contributed by atoms with van der Waals surface area (Å²) in [6, 6.07) is 0. The zero-order valence-electron chi connectivity index (χ0n) is 15.6. The molecule has 2 fully saturated rings. The molecule has 1 saturated heterocycles. The standard InChI is InChI=1S/C18H26N6O2/c1-11(2)26-18-17(19-6-7-20-18)24-8-13(12-4-5-12)14(9-24)16-21-15(10-25-3)22-23-16/h6-7,11-14H,4-5,8-10H2,1-3H3,(H,21,22,23)/t13-,14+/m1/s1. The minimum atomic E-state index is 0.0627. The van der Waals surface area contributed by atoms with Gasteiger partial charge in [-0.25, -0.2) is 15.0 Å². The van der Waals surface area contributed by atoms with Crippen molar-refractivity contribution in [1.82, 2.24) is 25.1 Å². The molecule has 140 valence electrons. The van der Waals surface area contributed by atoms with Crippen LogP contribution in [0, 0.1) is 11.8 Å². The smallest absolute Gasteiger partial charge is 0.257 e. The van der Waals surface area contributed by atoms with Gasteiger partial charge in [-0.2, -0.15) is 5.10 Å². The third-order valence-corrected chi connectivity index (χ3v) is 5.05. The van der Waals surface area contributed by atoms with Crippen molar-refractivity contribution in [1.29, 1.82) is 0 Å². The summed E-state index contributed by atoms with van der Waals surface area (Å²) in [6.45, 7) is 6.23. The molecule has 2 aromatic heterocycles. The predicted octanol–water partition coefficient (Wildman–Crippen LogP) is 2.16. The second kappa shape index (κ2) is 7.19. The first-order valence-electron chi connectivity index (χ1n) is 9.28. The summed E-state index contributed by atoms with van der Waals surface area (Å²) in [6.07, 6.45) is 6.05. The summed E-state index contributed by atoms with van der Waals surface area (Å²) in [7, 11) is 1.66. The van der Waals surface area contributed by atoms with Gasteiger partial charge in [-0.15, -0.1) is 0 Å². The van der Waals surface area contributed by atoms with Crippen LogP contribution in [-0.4, -0.2) is 51.5 Å². The van der Waals surface area contributed by atoms with E-state index >= 15 is 0 Å².